The van der Waals surface area contributed by atoms with Crippen molar-refractivity contribution in [2.24, 2.45) is 0 Å². The van der Waals surface area contributed by atoms with Gasteiger partial charge in [-0.3, -0.25) is 14.4 Å². The molecule has 1 aromatic heterocycles. The number of hydrogen-bond acceptors (Lipinski definition) is 7. The number of ketones is 1. The molecule has 0 saturated heterocycles. The first-order valence-electron chi connectivity index (χ1n) is 11.2. The van der Waals surface area contributed by atoms with Gasteiger partial charge in [-0.05, 0) is 43.2 Å². The first-order valence-corrected chi connectivity index (χ1v) is 11.2. The van der Waals surface area contributed by atoms with Gasteiger partial charge >= 0.3 is 11.6 Å². The molecule has 0 fully saturated rings. The number of benzene rings is 2. The number of carboxylic acid groups (broad SMARTS) is 1. The molecule has 3 aromatic rings. The molecule has 0 saturated carbocycles. The number of nitrogens with one attached hydrogen (secondary N) is 2. The number of carbonyl (C=O) groups excluding carboxylic acids is 3. The summed E-state index contributed by atoms with van der Waals surface area (Å²) in [5.74, 6) is -3.42. The third-order valence-electron chi connectivity index (χ3n) is 5.59. The molecule has 0 spiro atoms. The van der Waals surface area contributed by atoms with Crippen LogP contribution in [0.1, 0.15) is 50.2 Å². The number of Topliss-reactive ketones (excluding diaryl/α,β-unsaturated/α-hetero) is 1. The van der Waals surface area contributed by atoms with Gasteiger partial charge in [0.15, 0.2) is 0 Å². The van der Waals surface area contributed by atoms with E-state index in [1.54, 1.807) is 48.5 Å². The van der Waals surface area contributed by atoms with Crippen LogP contribution in [0.5, 0.6) is 5.75 Å². The lowest BCUT2D eigenvalue weighted by molar-refractivity contribution is -0.141. The van der Waals surface area contributed by atoms with Gasteiger partial charge in [-0.1, -0.05) is 24.3 Å². The van der Waals surface area contributed by atoms with Crippen molar-refractivity contribution in [2.75, 3.05) is 5.32 Å². The van der Waals surface area contributed by atoms with E-state index < -0.39 is 35.4 Å². The number of carbonyl (C=O) groups is 4. The van der Waals surface area contributed by atoms with Crippen LogP contribution in [0.15, 0.2) is 57.7 Å². The molecule has 1 heterocycles. The molecule has 0 aliphatic rings. The highest BCUT2D eigenvalue weighted by molar-refractivity contribution is 5.91. The molecule has 0 aliphatic heterocycles. The number of fused-ring (bicyclic) bond motifs is 1. The largest absolute Gasteiger partial charge is 0.507 e. The van der Waals surface area contributed by atoms with Gasteiger partial charge in [-0.15, -0.1) is 0 Å². The maximum Gasteiger partial charge on any atom is 0.343 e. The normalized spacial score (nSPS) is 12.5. The summed E-state index contributed by atoms with van der Waals surface area (Å²) in [5.41, 5.74) is 0.413. The Bertz CT molecular complexity index is 1360. The number of aliphatic carboxylic acids is 1. The highest BCUT2D eigenvalue weighted by Crippen LogP contribution is 2.36. The highest BCUT2D eigenvalue weighted by Gasteiger charge is 2.26. The summed E-state index contributed by atoms with van der Waals surface area (Å²) < 4.78 is 5.37. The van der Waals surface area contributed by atoms with Crippen molar-refractivity contribution < 1.29 is 33.8 Å². The lowest BCUT2D eigenvalue weighted by Crippen LogP contribution is -2.40. The molecule has 3 rings (SSSR count). The Morgan fingerprint density at radius 3 is 2.28 bits per heavy atom. The third kappa shape index (κ3) is 6.35. The standard InChI is InChI=1S/C26H26N2O8/c1-14(29)13-19(23-24(32)18-5-3-4-6-21(18)36-26(23)35)16-7-9-17(10-8-16)28-22(31)12-11-20(25(33)34)27-15(2)30/h3-10,19-20,32H,11-13H2,1-2H3,(H,27,30)(H,28,31)(H,33,34). The van der Waals surface area contributed by atoms with Crippen LogP contribution in [0.3, 0.4) is 0 Å². The Morgan fingerprint density at radius 2 is 1.67 bits per heavy atom. The fraction of sp³-hybridized carbons (Fsp3) is 0.269. The van der Waals surface area contributed by atoms with Crippen molar-refractivity contribution in [1.29, 1.82) is 0 Å². The SMILES string of the molecule is CC(=O)CC(c1ccc(NC(=O)CCC(NC(C)=O)C(=O)O)cc1)c1c(O)c2ccccc2oc1=O. The highest BCUT2D eigenvalue weighted by atomic mass is 16.4. The Hall–Kier alpha value is -4.47. The molecule has 4 N–H and O–H groups in total. The number of carboxylic acids is 1. The van der Waals surface area contributed by atoms with Crippen molar-refractivity contribution in [3.05, 3.63) is 70.1 Å². The van der Waals surface area contributed by atoms with Crippen molar-refractivity contribution >= 4 is 40.2 Å². The van der Waals surface area contributed by atoms with Gasteiger partial charge in [0, 0.05) is 31.4 Å². The molecular weight excluding hydrogens is 468 g/mol. The summed E-state index contributed by atoms with van der Waals surface area (Å²) in [6.45, 7) is 2.57. The summed E-state index contributed by atoms with van der Waals surface area (Å²) in [6.07, 6.45) is -0.281. The third-order valence-corrected chi connectivity index (χ3v) is 5.59. The van der Waals surface area contributed by atoms with Crippen LogP contribution in [0.4, 0.5) is 5.69 Å². The zero-order chi connectivity index (χ0) is 26.4. The minimum Gasteiger partial charge on any atom is -0.507 e. The van der Waals surface area contributed by atoms with Crippen molar-refractivity contribution in [2.45, 2.75) is 45.1 Å². The summed E-state index contributed by atoms with van der Waals surface area (Å²) in [6, 6.07) is 11.7. The lowest BCUT2D eigenvalue weighted by Gasteiger charge is -2.18. The number of aromatic hydroxyl groups is 1. The Morgan fingerprint density at radius 1 is 1.00 bits per heavy atom. The summed E-state index contributed by atoms with van der Waals surface area (Å²) >= 11 is 0. The number of hydrogen-bond donors (Lipinski definition) is 4. The van der Waals surface area contributed by atoms with Gasteiger partial charge in [-0.2, -0.15) is 0 Å². The van der Waals surface area contributed by atoms with E-state index in [-0.39, 0.29) is 41.9 Å². The summed E-state index contributed by atoms with van der Waals surface area (Å²) in [5, 5.41) is 25.3. The molecule has 0 radical (unpaired) electrons. The molecule has 2 unspecified atom stereocenters. The van der Waals surface area contributed by atoms with Crippen LogP contribution < -0.4 is 16.3 Å². The van der Waals surface area contributed by atoms with Gasteiger partial charge in [0.2, 0.25) is 11.8 Å². The molecule has 2 aromatic carbocycles. The topological polar surface area (TPSA) is 163 Å². The molecule has 2 amide bonds. The molecule has 188 valence electrons. The van der Waals surface area contributed by atoms with Crippen LogP contribution in [0.2, 0.25) is 0 Å². The average molecular weight is 495 g/mol. The molecular formula is C26H26N2O8. The monoisotopic (exact) mass is 494 g/mol. The minimum atomic E-state index is -1.24. The van der Waals surface area contributed by atoms with Gasteiger partial charge in [0.1, 0.15) is 23.2 Å². The first-order chi connectivity index (χ1) is 17.1. The predicted octanol–water partition coefficient (Wildman–Crippen LogP) is 2.92. The number of para-hydroxylation sites is 1. The van der Waals surface area contributed by atoms with Gasteiger partial charge < -0.3 is 25.3 Å². The quantitative estimate of drug-likeness (QED) is 0.313. The van der Waals surface area contributed by atoms with E-state index in [0.29, 0.717) is 16.6 Å². The van der Waals surface area contributed by atoms with Crippen LogP contribution >= 0.6 is 0 Å². The maximum absolute atomic E-state index is 12.7. The van der Waals surface area contributed by atoms with Crippen molar-refractivity contribution in [3.8, 4) is 5.75 Å². The van der Waals surface area contributed by atoms with Crippen LogP contribution in [0.25, 0.3) is 11.0 Å². The van der Waals surface area contributed by atoms with E-state index in [1.165, 1.54) is 13.8 Å². The zero-order valence-electron chi connectivity index (χ0n) is 19.7. The van der Waals surface area contributed by atoms with E-state index >= 15 is 0 Å². The lowest BCUT2D eigenvalue weighted by atomic mass is 9.87. The Balaban J connectivity index is 1.81. The summed E-state index contributed by atoms with van der Waals surface area (Å²) in [7, 11) is 0. The molecule has 10 heteroatoms. The second kappa shape index (κ2) is 11.3. The Labute approximate surface area is 205 Å². The van der Waals surface area contributed by atoms with E-state index in [1.807, 2.05) is 0 Å². The summed E-state index contributed by atoms with van der Waals surface area (Å²) in [4.78, 5) is 59.3. The fourth-order valence-electron chi connectivity index (χ4n) is 3.93. The number of rotatable bonds is 10. The Kier molecular flexibility index (Phi) is 8.21. The van der Waals surface area contributed by atoms with E-state index in [2.05, 4.69) is 10.6 Å². The predicted molar refractivity (Wildman–Crippen MR) is 131 cm³/mol. The smallest absolute Gasteiger partial charge is 0.343 e. The van der Waals surface area contributed by atoms with Crippen molar-refractivity contribution in [1.82, 2.24) is 5.32 Å². The second-order valence-electron chi connectivity index (χ2n) is 8.41. The molecule has 2 atom stereocenters. The average Bonchev–Trinajstić information content (AvgIpc) is 2.81. The maximum atomic E-state index is 12.7. The molecule has 0 aliphatic carbocycles. The zero-order valence-corrected chi connectivity index (χ0v) is 19.7. The number of amides is 2. The minimum absolute atomic E-state index is 0.0293. The van der Waals surface area contributed by atoms with Crippen molar-refractivity contribution in [3.63, 3.8) is 0 Å². The van der Waals surface area contributed by atoms with Crippen LogP contribution in [0, 0.1) is 0 Å². The van der Waals surface area contributed by atoms with E-state index in [9.17, 15) is 29.1 Å². The van der Waals surface area contributed by atoms with Gasteiger partial charge in [-0.25, -0.2) is 9.59 Å². The number of anilines is 1. The molecule has 36 heavy (non-hydrogen) atoms. The van der Waals surface area contributed by atoms with E-state index in [0.717, 1.165) is 0 Å². The fourth-order valence-corrected chi connectivity index (χ4v) is 3.93. The van der Waals surface area contributed by atoms with Gasteiger partial charge in [0.25, 0.3) is 0 Å². The van der Waals surface area contributed by atoms with Crippen LogP contribution in [-0.2, 0) is 19.2 Å². The molecule has 0 bridgehead atoms. The first kappa shape index (κ1) is 26.1. The van der Waals surface area contributed by atoms with Crippen LogP contribution in [-0.4, -0.2) is 39.8 Å². The molecule has 10 nitrogen and oxygen atoms in total. The van der Waals surface area contributed by atoms with E-state index in [4.69, 9.17) is 9.52 Å². The second-order valence-corrected chi connectivity index (χ2v) is 8.41. The van der Waals surface area contributed by atoms with Gasteiger partial charge in [0.05, 0.1) is 10.9 Å².